The molecule has 0 amide bonds. The first-order valence-corrected chi connectivity index (χ1v) is 5.29. The Hall–Kier alpha value is -1.53. The van der Waals surface area contributed by atoms with Gasteiger partial charge in [0.1, 0.15) is 5.69 Å². The Kier molecular flexibility index (Phi) is 2.84. The van der Waals surface area contributed by atoms with Gasteiger partial charge in [0.05, 0.1) is 6.04 Å². The molecule has 0 atom stereocenters. The third-order valence-electron chi connectivity index (χ3n) is 2.92. The zero-order valence-electron chi connectivity index (χ0n) is 8.87. The highest BCUT2D eigenvalue weighted by molar-refractivity contribution is 5.85. The number of carbonyl (C=O) groups is 1. The summed E-state index contributed by atoms with van der Waals surface area (Å²) in [5, 5.41) is 12.3. The molecular weight excluding hydrogens is 237 g/mol. The molecule has 7 heteroatoms. The van der Waals surface area contributed by atoms with Crippen LogP contribution in [-0.4, -0.2) is 20.9 Å². The van der Waals surface area contributed by atoms with Gasteiger partial charge in [-0.3, -0.25) is 4.68 Å². The second-order valence-electron chi connectivity index (χ2n) is 4.10. The Bertz CT molecular complexity index is 433. The summed E-state index contributed by atoms with van der Waals surface area (Å²) in [6.07, 6.45) is -1.46. The van der Waals surface area contributed by atoms with Crippen molar-refractivity contribution in [3.63, 3.8) is 0 Å². The predicted octanol–water partition coefficient (Wildman–Crippen LogP) is 2.72. The summed E-state index contributed by atoms with van der Waals surface area (Å²) < 4.78 is 38.4. The minimum absolute atomic E-state index is 0.225. The fourth-order valence-corrected chi connectivity index (χ4v) is 2.12. The van der Waals surface area contributed by atoms with Crippen LogP contribution in [0.5, 0.6) is 0 Å². The minimum atomic E-state index is -4.60. The molecule has 1 fully saturated rings. The molecule has 0 aliphatic heterocycles. The fraction of sp³-hybridized carbons (Fsp3) is 0.600. The summed E-state index contributed by atoms with van der Waals surface area (Å²) in [5.41, 5.74) is -1.52. The largest absolute Gasteiger partial charge is 0.477 e. The molecule has 17 heavy (non-hydrogen) atoms. The summed E-state index contributed by atoms with van der Waals surface area (Å²) in [6, 6.07) is 0.373. The number of alkyl halides is 3. The summed E-state index contributed by atoms with van der Waals surface area (Å²) in [7, 11) is 0. The zero-order valence-corrected chi connectivity index (χ0v) is 8.87. The lowest BCUT2D eigenvalue weighted by molar-refractivity contribution is -0.141. The summed E-state index contributed by atoms with van der Waals surface area (Å²) in [6.45, 7) is 0. The molecule has 1 N–H and O–H groups in total. The molecule has 0 unspecified atom stereocenters. The zero-order chi connectivity index (χ0) is 12.6. The number of aromatic nitrogens is 2. The fourth-order valence-electron chi connectivity index (χ4n) is 2.12. The lowest BCUT2D eigenvalue weighted by Gasteiger charge is -2.11. The summed E-state index contributed by atoms with van der Waals surface area (Å²) in [5.74, 6) is -1.38. The van der Waals surface area contributed by atoms with Crippen molar-refractivity contribution in [3.8, 4) is 0 Å². The number of hydrogen-bond donors (Lipinski definition) is 1. The molecule has 0 spiro atoms. The molecule has 0 radical (unpaired) electrons. The van der Waals surface area contributed by atoms with E-state index in [0.717, 1.165) is 17.5 Å². The molecule has 1 saturated carbocycles. The van der Waals surface area contributed by atoms with Crippen molar-refractivity contribution in [2.75, 3.05) is 0 Å². The number of halogens is 3. The molecule has 0 bridgehead atoms. The van der Waals surface area contributed by atoms with Crippen LogP contribution < -0.4 is 0 Å². The van der Waals surface area contributed by atoms with Gasteiger partial charge in [-0.15, -0.1) is 0 Å². The van der Waals surface area contributed by atoms with Crippen LogP contribution in [0.2, 0.25) is 0 Å². The van der Waals surface area contributed by atoms with Crippen LogP contribution in [0.1, 0.15) is 47.9 Å². The first-order valence-electron chi connectivity index (χ1n) is 5.29. The van der Waals surface area contributed by atoms with Crippen LogP contribution in [0, 0.1) is 0 Å². The molecule has 1 aromatic heterocycles. The molecule has 0 aromatic carbocycles. The lowest BCUT2D eigenvalue weighted by Crippen LogP contribution is -2.15. The highest BCUT2D eigenvalue weighted by Gasteiger charge is 2.37. The Morgan fingerprint density at radius 3 is 2.47 bits per heavy atom. The molecule has 0 saturated heterocycles. The normalized spacial score (nSPS) is 17.6. The SMILES string of the molecule is O=C(O)c1cc(C(F)(F)F)nn1C1CCCC1. The first kappa shape index (κ1) is 11.9. The van der Waals surface area contributed by atoms with Gasteiger partial charge in [-0.1, -0.05) is 12.8 Å². The van der Waals surface area contributed by atoms with Gasteiger partial charge in [0.2, 0.25) is 0 Å². The second-order valence-corrected chi connectivity index (χ2v) is 4.10. The minimum Gasteiger partial charge on any atom is -0.477 e. The van der Waals surface area contributed by atoms with E-state index < -0.39 is 17.8 Å². The van der Waals surface area contributed by atoms with E-state index in [1.54, 1.807) is 0 Å². The van der Waals surface area contributed by atoms with Crippen molar-refractivity contribution in [2.24, 2.45) is 0 Å². The van der Waals surface area contributed by atoms with Gasteiger partial charge in [0.25, 0.3) is 0 Å². The Morgan fingerprint density at radius 1 is 1.41 bits per heavy atom. The van der Waals surface area contributed by atoms with E-state index in [1.807, 2.05) is 0 Å². The van der Waals surface area contributed by atoms with Gasteiger partial charge in [0.15, 0.2) is 5.69 Å². The number of carboxylic acid groups (broad SMARTS) is 1. The summed E-state index contributed by atoms with van der Waals surface area (Å²) >= 11 is 0. The van der Waals surface area contributed by atoms with Gasteiger partial charge in [-0.05, 0) is 12.8 Å². The van der Waals surface area contributed by atoms with E-state index in [9.17, 15) is 18.0 Å². The third kappa shape index (κ3) is 2.27. The van der Waals surface area contributed by atoms with E-state index >= 15 is 0 Å². The highest BCUT2D eigenvalue weighted by atomic mass is 19.4. The average molecular weight is 248 g/mol. The monoisotopic (exact) mass is 248 g/mol. The predicted molar refractivity (Wildman–Crippen MR) is 51.7 cm³/mol. The van der Waals surface area contributed by atoms with Crippen molar-refractivity contribution < 1.29 is 23.1 Å². The molecular formula is C10H11F3N2O2. The average Bonchev–Trinajstić information content (AvgIpc) is 2.85. The van der Waals surface area contributed by atoms with Crippen LogP contribution >= 0.6 is 0 Å². The van der Waals surface area contributed by atoms with Crippen LogP contribution in [0.4, 0.5) is 13.2 Å². The molecule has 1 aliphatic rings. The van der Waals surface area contributed by atoms with Crippen molar-refractivity contribution in [1.82, 2.24) is 9.78 Å². The van der Waals surface area contributed by atoms with Crippen LogP contribution in [-0.2, 0) is 6.18 Å². The number of carboxylic acids is 1. The Morgan fingerprint density at radius 2 is 2.00 bits per heavy atom. The summed E-state index contributed by atoms with van der Waals surface area (Å²) in [4.78, 5) is 10.9. The van der Waals surface area contributed by atoms with Gasteiger partial charge < -0.3 is 5.11 Å². The smallest absolute Gasteiger partial charge is 0.435 e. The van der Waals surface area contributed by atoms with E-state index in [4.69, 9.17) is 5.11 Å². The van der Waals surface area contributed by atoms with E-state index in [2.05, 4.69) is 5.10 Å². The Labute approximate surface area is 95.0 Å². The van der Waals surface area contributed by atoms with Gasteiger partial charge >= 0.3 is 12.1 Å². The topological polar surface area (TPSA) is 55.1 Å². The van der Waals surface area contributed by atoms with Gasteiger partial charge in [-0.25, -0.2) is 4.79 Å². The number of aromatic carboxylic acids is 1. The van der Waals surface area contributed by atoms with Gasteiger partial charge in [0, 0.05) is 6.07 Å². The van der Waals surface area contributed by atoms with E-state index in [1.165, 1.54) is 0 Å². The number of hydrogen-bond acceptors (Lipinski definition) is 2. The lowest BCUT2D eigenvalue weighted by atomic mass is 10.2. The molecule has 2 rings (SSSR count). The maximum absolute atomic E-state index is 12.5. The maximum atomic E-state index is 12.5. The standard InChI is InChI=1S/C10H11F3N2O2/c11-10(12,13)8-5-7(9(16)17)15(14-8)6-3-1-2-4-6/h5-6H,1-4H2,(H,16,17). The van der Waals surface area contributed by atoms with Crippen LogP contribution in [0.15, 0.2) is 6.07 Å². The van der Waals surface area contributed by atoms with Crippen molar-refractivity contribution in [2.45, 2.75) is 37.9 Å². The van der Waals surface area contributed by atoms with Crippen LogP contribution in [0.25, 0.3) is 0 Å². The van der Waals surface area contributed by atoms with Crippen molar-refractivity contribution in [1.29, 1.82) is 0 Å². The number of rotatable bonds is 2. The quantitative estimate of drug-likeness (QED) is 0.875. The first-order chi connectivity index (χ1) is 7.89. The molecule has 4 nitrogen and oxygen atoms in total. The van der Waals surface area contributed by atoms with Crippen LogP contribution in [0.3, 0.4) is 0 Å². The number of nitrogens with zero attached hydrogens (tertiary/aromatic N) is 2. The molecule has 1 aromatic rings. The molecule has 1 heterocycles. The maximum Gasteiger partial charge on any atom is 0.435 e. The second kappa shape index (κ2) is 4.05. The molecule has 94 valence electrons. The van der Waals surface area contributed by atoms with Gasteiger partial charge in [-0.2, -0.15) is 18.3 Å². The van der Waals surface area contributed by atoms with E-state index in [0.29, 0.717) is 18.9 Å². The van der Waals surface area contributed by atoms with E-state index in [-0.39, 0.29) is 11.7 Å². The van der Waals surface area contributed by atoms with Crippen molar-refractivity contribution >= 4 is 5.97 Å². The third-order valence-corrected chi connectivity index (χ3v) is 2.92. The van der Waals surface area contributed by atoms with Crippen molar-refractivity contribution in [3.05, 3.63) is 17.5 Å². The Balaban J connectivity index is 2.42. The highest BCUT2D eigenvalue weighted by Crippen LogP contribution is 2.34. The molecule has 1 aliphatic carbocycles.